The SMILES string of the molecule is CCC(CC)(CN)C(=O)N1CCN(C2CCN(c3ccccc3)C2=O)CC1.Cl. The molecule has 156 valence electrons. The van der Waals surface area contributed by atoms with Crippen molar-refractivity contribution >= 4 is 29.9 Å². The van der Waals surface area contributed by atoms with Crippen molar-refractivity contribution in [3.8, 4) is 0 Å². The summed E-state index contributed by atoms with van der Waals surface area (Å²) in [7, 11) is 0. The molecule has 3 rings (SSSR count). The fourth-order valence-electron chi connectivity index (χ4n) is 4.37. The van der Waals surface area contributed by atoms with Crippen LogP contribution in [0.15, 0.2) is 30.3 Å². The van der Waals surface area contributed by atoms with Gasteiger partial charge in [0, 0.05) is 45.0 Å². The van der Waals surface area contributed by atoms with Crippen LogP contribution in [0, 0.1) is 5.41 Å². The number of carbonyl (C=O) groups excluding carboxylic acids is 2. The van der Waals surface area contributed by atoms with Gasteiger partial charge in [0.15, 0.2) is 0 Å². The molecule has 0 radical (unpaired) electrons. The standard InChI is InChI=1S/C21H32N4O2.ClH/c1-3-21(4-2,16-22)20(27)24-14-12-23(13-15-24)18-10-11-25(19(18)26)17-8-6-5-7-9-17;/h5-9,18H,3-4,10-16,22H2,1-2H3;1H. The van der Waals surface area contributed by atoms with E-state index in [-0.39, 0.29) is 30.3 Å². The second-order valence-electron chi connectivity index (χ2n) is 7.65. The van der Waals surface area contributed by atoms with Crippen LogP contribution >= 0.6 is 12.4 Å². The van der Waals surface area contributed by atoms with E-state index >= 15 is 0 Å². The first-order valence-corrected chi connectivity index (χ1v) is 10.2. The molecule has 1 unspecified atom stereocenters. The normalized spacial score (nSPS) is 21.0. The van der Waals surface area contributed by atoms with Crippen molar-refractivity contribution in [2.24, 2.45) is 11.1 Å². The Kier molecular flexibility index (Phi) is 7.87. The van der Waals surface area contributed by atoms with E-state index in [4.69, 9.17) is 5.73 Å². The maximum absolute atomic E-state index is 13.0. The Hall–Kier alpha value is -1.63. The van der Waals surface area contributed by atoms with Crippen molar-refractivity contribution < 1.29 is 9.59 Å². The largest absolute Gasteiger partial charge is 0.340 e. The number of anilines is 1. The number of benzene rings is 1. The minimum absolute atomic E-state index is 0. The highest BCUT2D eigenvalue weighted by Gasteiger charge is 2.41. The third kappa shape index (κ3) is 4.19. The summed E-state index contributed by atoms with van der Waals surface area (Å²) < 4.78 is 0. The average Bonchev–Trinajstić information content (AvgIpc) is 3.11. The molecule has 0 aromatic heterocycles. The molecule has 28 heavy (non-hydrogen) atoms. The topological polar surface area (TPSA) is 69.9 Å². The van der Waals surface area contributed by atoms with Gasteiger partial charge in [-0.3, -0.25) is 14.5 Å². The zero-order valence-corrected chi connectivity index (χ0v) is 17.8. The zero-order chi connectivity index (χ0) is 19.4. The monoisotopic (exact) mass is 408 g/mol. The number of nitrogens with two attached hydrogens (primary N) is 1. The highest BCUT2D eigenvalue weighted by molar-refractivity contribution is 5.99. The summed E-state index contributed by atoms with van der Waals surface area (Å²) in [5.74, 6) is 0.359. The van der Waals surface area contributed by atoms with Crippen LogP contribution in [-0.4, -0.2) is 66.9 Å². The van der Waals surface area contributed by atoms with Gasteiger partial charge in [-0.2, -0.15) is 0 Å². The Morgan fingerprint density at radius 2 is 1.68 bits per heavy atom. The van der Waals surface area contributed by atoms with Gasteiger partial charge in [0.05, 0.1) is 11.5 Å². The first kappa shape index (κ1) is 22.7. The van der Waals surface area contributed by atoms with Crippen LogP contribution in [0.5, 0.6) is 0 Å². The number of nitrogens with zero attached hydrogens (tertiary/aromatic N) is 3. The number of carbonyl (C=O) groups is 2. The van der Waals surface area contributed by atoms with Crippen LogP contribution in [0.4, 0.5) is 5.69 Å². The minimum Gasteiger partial charge on any atom is -0.340 e. The van der Waals surface area contributed by atoms with E-state index in [0.29, 0.717) is 19.6 Å². The lowest BCUT2D eigenvalue weighted by Crippen LogP contribution is -2.57. The lowest BCUT2D eigenvalue weighted by molar-refractivity contribution is -0.144. The molecule has 1 atom stereocenters. The molecule has 2 aliphatic heterocycles. The molecule has 2 N–H and O–H groups in total. The van der Waals surface area contributed by atoms with Crippen molar-refractivity contribution in [3.63, 3.8) is 0 Å². The second kappa shape index (κ2) is 9.72. The molecule has 1 aromatic carbocycles. The molecule has 6 nitrogen and oxygen atoms in total. The Morgan fingerprint density at radius 3 is 2.21 bits per heavy atom. The van der Waals surface area contributed by atoms with E-state index in [2.05, 4.69) is 4.90 Å². The van der Waals surface area contributed by atoms with Crippen LogP contribution in [0.2, 0.25) is 0 Å². The van der Waals surface area contributed by atoms with Gasteiger partial charge in [0.1, 0.15) is 0 Å². The summed E-state index contributed by atoms with van der Waals surface area (Å²) in [6.07, 6.45) is 2.39. The number of hydrogen-bond donors (Lipinski definition) is 1. The molecule has 0 saturated carbocycles. The fraction of sp³-hybridized carbons (Fsp3) is 0.619. The molecular formula is C21H33ClN4O2. The van der Waals surface area contributed by atoms with Crippen LogP contribution in [0.3, 0.4) is 0 Å². The summed E-state index contributed by atoms with van der Waals surface area (Å²) >= 11 is 0. The van der Waals surface area contributed by atoms with E-state index in [9.17, 15) is 9.59 Å². The van der Waals surface area contributed by atoms with Crippen molar-refractivity contribution in [2.45, 2.75) is 39.2 Å². The van der Waals surface area contributed by atoms with Gasteiger partial charge < -0.3 is 15.5 Å². The van der Waals surface area contributed by atoms with Crippen LogP contribution in [0.25, 0.3) is 0 Å². The Bertz CT molecular complexity index is 649. The van der Waals surface area contributed by atoms with E-state index in [1.165, 1.54) is 0 Å². The number of para-hydroxylation sites is 1. The predicted octanol–water partition coefficient (Wildman–Crippen LogP) is 2.12. The van der Waals surface area contributed by atoms with Crippen molar-refractivity contribution in [2.75, 3.05) is 44.2 Å². The molecule has 0 bridgehead atoms. The van der Waals surface area contributed by atoms with Crippen molar-refractivity contribution in [1.82, 2.24) is 9.80 Å². The summed E-state index contributed by atoms with van der Waals surface area (Å²) in [5, 5.41) is 0. The van der Waals surface area contributed by atoms with Gasteiger partial charge >= 0.3 is 0 Å². The fourth-order valence-corrected chi connectivity index (χ4v) is 4.37. The molecule has 0 spiro atoms. The molecule has 1 aromatic rings. The van der Waals surface area contributed by atoms with Crippen LogP contribution < -0.4 is 10.6 Å². The quantitative estimate of drug-likeness (QED) is 0.782. The number of rotatable bonds is 6. The lowest BCUT2D eigenvalue weighted by atomic mass is 9.80. The molecule has 2 amide bonds. The van der Waals surface area contributed by atoms with Gasteiger partial charge in [-0.05, 0) is 31.4 Å². The van der Waals surface area contributed by atoms with E-state index in [1.807, 2.05) is 54.0 Å². The molecule has 7 heteroatoms. The molecule has 2 fully saturated rings. The van der Waals surface area contributed by atoms with E-state index in [0.717, 1.165) is 44.6 Å². The highest BCUT2D eigenvalue weighted by atomic mass is 35.5. The summed E-state index contributed by atoms with van der Waals surface area (Å²) in [5.41, 5.74) is 6.48. The molecule has 2 aliphatic rings. The van der Waals surface area contributed by atoms with Gasteiger partial charge in [-0.25, -0.2) is 0 Å². The third-order valence-electron chi connectivity index (χ3n) is 6.49. The lowest BCUT2D eigenvalue weighted by Gasteiger charge is -2.41. The first-order chi connectivity index (χ1) is 13.1. The smallest absolute Gasteiger partial charge is 0.244 e. The van der Waals surface area contributed by atoms with E-state index in [1.54, 1.807) is 0 Å². The summed E-state index contributed by atoms with van der Waals surface area (Å²) in [6, 6.07) is 9.79. The minimum atomic E-state index is -0.435. The average molecular weight is 409 g/mol. The van der Waals surface area contributed by atoms with Crippen molar-refractivity contribution in [3.05, 3.63) is 30.3 Å². The maximum Gasteiger partial charge on any atom is 0.244 e. The first-order valence-electron chi connectivity index (χ1n) is 10.2. The van der Waals surface area contributed by atoms with Gasteiger partial charge in [-0.15, -0.1) is 12.4 Å². The van der Waals surface area contributed by atoms with Gasteiger partial charge in [0.25, 0.3) is 0 Å². The van der Waals surface area contributed by atoms with Crippen LogP contribution in [-0.2, 0) is 9.59 Å². The van der Waals surface area contributed by atoms with Gasteiger partial charge in [-0.1, -0.05) is 32.0 Å². The number of hydrogen-bond acceptors (Lipinski definition) is 4. The van der Waals surface area contributed by atoms with Crippen molar-refractivity contribution in [1.29, 1.82) is 0 Å². The highest BCUT2D eigenvalue weighted by Crippen LogP contribution is 2.29. The molecule has 2 saturated heterocycles. The van der Waals surface area contributed by atoms with E-state index < -0.39 is 5.41 Å². The molecule has 0 aliphatic carbocycles. The Balaban J connectivity index is 0.00000280. The summed E-state index contributed by atoms with van der Waals surface area (Å²) in [4.78, 5) is 32.0. The zero-order valence-electron chi connectivity index (χ0n) is 17.0. The predicted molar refractivity (Wildman–Crippen MR) is 115 cm³/mol. The maximum atomic E-state index is 13.0. The summed E-state index contributed by atoms with van der Waals surface area (Å²) in [6.45, 7) is 8.09. The third-order valence-corrected chi connectivity index (χ3v) is 6.49. The molecular weight excluding hydrogens is 376 g/mol. The molecule has 2 heterocycles. The number of amides is 2. The Morgan fingerprint density at radius 1 is 1.07 bits per heavy atom. The second-order valence-corrected chi connectivity index (χ2v) is 7.65. The number of halogens is 1. The van der Waals surface area contributed by atoms with Crippen LogP contribution in [0.1, 0.15) is 33.1 Å². The van der Waals surface area contributed by atoms with Gasteiger partial charge in [0.2, 0.25) is 11.8 Å². The Labute approximate surface area is 174 Å². The number of piperazine rings is 1.